The van der Waals surface area contributed by atoms with Gasteiger partial charge in [-0.15, -0.1) is 0 Å². The zero-order valence-electron chi connectivity index (χ0n) is 14.4. The molecule has 0 heterocycles. The molecule has 26 heavy (non-hydrogen) atoms. The van der Waals surface area contributed by atoms with Crippen LogP contribution in [-0.2, 0) is 15.8 Å². The molecule has 4 nitrogen and oxygen atoms in total. The number of amides is 2. The van der Waals surface area contributed by atoms with Crippen molar-refractivity contribution in [2.45, 2.75) is 26.1 Å². The van der Waals surface area contributed by atoms with Gasteiger partial charge < -0.3 is 10.2 Å². The van der Waals surface area contributed by atoms with Gasteiger partial charge in [-0.3, -0.25) is 9.59 Å². The van der Waals surface area contributed by atoms with E-state index in [1.54, 1.807) is 6.92 Å². The molecule has 2 rings (SSSR count). The van der Waals surface area contributed by atoms with Crippen LogP contribution < -0.4 is 5.32 Å². The van der Waals surface area contributed by atoms with Gasteiger partial charge in [-0.2, -0.15) is 13.2 Å². The van der Waals surface area contributed by atoms with E-state index in [-0.39, 0.29) is 18.1 Å². The molecular weight excluding hydrogens is 345 g/mol. The number of hydrogen-bond donors (Lipinski definition) is 1. The standard InChI is InChI=1S/C19H19F3N2O2/c1-13(15-8-4-3-5-9-15)24(14(2)25)12-18(26)23-17-11-7-6-10-16(17)19(20,21)22/h3-11,13H,12H2,1-2H3,(H,23,26). The van der Waals surface area contributed by atoms with Crippen molar-refractivity contribution in [2.24, 2.45) is 0 Å². The molecule has 2 aromatic rings. The fourth-order valence-corrected chi connectivity index (χ4v) is 2.62. The van der Waals surface area contributed by atoms with E-state index in [4.69, 9.17) is 0 Å². The highest BCUT2D eigenvalue weighted by Crippen LogP contribution is 2.34. The fourth-order valence-electron chi connectivity index (χ4n) is 2.62. The van der Waals surface area contributed by atoms with Crippen molar-refractivity contribution in [1.29, 1.82) is 0 Å². The first-order valence-electron chi connectivity index (χ1n) is 7.98. The van der Waals surface area contributed by atoms with Gasteiger partial charge in [0.05, 0.1) is 17.3 Å². The van der Waals surface area contributed by atoms with Gasteiger partial charge in [-0.05, 0) is 24.6 Å². The van der Waals surface area contributed by atoms with Crippen molar-refractivity contribution in [3.05, 3.63) is 65.7 Å². The Hall–Kier alpha value is -2.83. The summed E-state index contributed by atoms with van der Waals surface area (Å²) in [7, 11) is 0. The number of carbonyl (C=O) groups is 2. The average Bonchev–Trinajstić information content (AvgIpc) is 2.59. The number of halogens is 3. The lowest BCUT2D eigenvalue weighted by molar-refractivity contribution is -0.137. The van der Waals surface area contributed by atoms with Crippen molar-refractivity contribution in [3.63, 3.8) is 0 Å². The molecule has 2 amide bonds. The summed E-state index contributed by atoms with van der Waals surface area (Å²) < 4.78 is 39.1. The lowest BCUT2D eigenvalue weighted by Gasteiger charge is -2.28. The van der Waals surface area contributed by atoms with Gasteiger partial charge in [0.1, 0.15) is 6.54 Å². The Balaban J connectivity index is 2.16. The molecule has 0 bridgehead atoms. The van der Waals surface area contributed by atoms with Crippen LogP contribution in [0.2, 0.25) is 0 Å². The Bertz CT molecular complexity index is 776. The Kier molecular flexibility index (Phi) is 6.02. The summed E-state index contributed by atoms with van der Waals surface area (Å²) in [5.74, 6) is -1.04. The third-order valence-electron chi connectivity index (χ3n) is 3.97. The Morgan fingerprint density at radius 1 is 1.04 bits per heavy atom. The fraction of sp³-hybridized carbons (Fsp3) is 0.263. The molecule has 0 spiro atoms. The number of benzene rings is 2. The molecular formula is C19H19F3N2O2. The number of rotatable bonds is 5. The van der Waals surface area contributed by atoms with Gasteiger partial charge in [0.15, 0.2) is 0 Å². The van der Waals surface area contributed by atoms with Crippen molar-refractivity contribution >= 4 is 17.5 Å². The van der Waals surface area contributed by atoms with Gasteiger partial charge in [-0.25, -0.2) is 0 Å². The van der Waals surface area contributed by atoms with Crippen LogP contribution in [0, 0.1) is 0 Å². The molecule has 1 atom stereocenters. The van der Waals surface area contributed by atoms with E-state index in [0.717, 1.165) is 11.6 Å². The first-order chi connectivity index (χ1) is 12.2. The molecule has 138 valence electrons. The molecule has 0 aliphatic heterocycles. The number of nitrogens with one attached hydrogen (secondary N) is 1. The normalized spacial score (nSPS) is 12.3. The topological polar surface area (TPSA) is 49.4 Å². The largest absolute Gasteiger partial charge is 0.418 e. The van der Waals surface area contributed by atoms with Crippen LogP contribution in [0.4, 0.5) is 18.9 Å². The third kappa shape index (κ3) is 4.84. The van der Waals surface area contributed by atoms with E-state index in [9.17, 15) is 22.8 Å². The second-order valence-corrected chi connectivity index (χ2v) is 5.83. The summed E-state index contributed by atoms with van der Waals surface area (Å²) in [4.78, 5) is 25.5. The van der Waals surface area contributed by atoms with Crippen LogP contribution in [0.25, 0.3) is 0 Å². The van der Waals surface area contributed by atoms with Gasteiger partial charge in [0, 0.05) is 6.92 Å². The second kappa shape index (κ2) is 8.03. The van der Waals surface area contributed by atoms with Crippen LogP contribution in [0.5, 0.6) is 0 Å². The molecule has 0 radical (unpaired) electrons. The summed E-state index contributed by atoms with van der Waals surface area (Å²) in [6.07, 6.45) is -4.58. The summed E-state index contributed by atoms with van der Waals surface area (Å²) in [5.41, 5.74) is -0.439. The highest BCUT2D eigenvalue weighted by atomic mass is 19.4. The van der Waals surface area contributed by atoms with Gasteiger partial charge >= 0.3 is 6.18 Å². The van der Waals surface area contributed by atoms with Crippen LogP contribution in [0.1, 0.15) is 31.0 Å². The maximum atomic E-state index is 13.0. The first-order valence-corrected chi connectivity index (χ1v) is 7.98. The maximum Gasteiger partial charge on any atom is 0.418 e. The number of carbonyl (C=O) groups excluding carboxylic acids is 2. The minimum atomic E-state index is -4.58. The lowest BCUT2D eigenvalue weighted by atomic mass is 10.1. The van der Waals surface area contributed by atoms with Crippen LogP contribution >= 0.6 is 0 Å². The van der Waals surface area contributed by atoms with E-state index in [1.165, 1.54) is 30.0 Å². The predicted octanol–water partition coefficient (Wildman–Crippen LogP) is 4.25. The highest BCUT2D eigenvalue weighted by molar-refractivity contribution is 5.95. The number of para-hydroxylation sites is 1. The molecule has 7 heteroatoms. The molecule has 0 aliphatic rings. The number of hydrogen-bond acceptors (Lipinski definition) is 2. The average molecular weight is 364 g/mol. The summed E-state index contributed by atoms with van der Waals surface area (Å²) in [5, 5.41) is 2.26. The predicted molar refractivity (Wildman–Crippen MR) is 92.3 cm³/mol. The first kappa shape index (κ1) is 19.5. The second-order valence-electron chi connectivity index (χ2n) is 5.83. The van der Waals surface area contributed by atoms with E-state index >= 15 is 0 Å². The SMILES string of the molecule is CC(=O)N(CC(=O)Nc1ccccc1C(F)(F)F)C(C)c1ccccc1. The molecule has 0 saturated heterocycles. The molecule has 0 aromatic heterocycles. The van der Waals surface area contributed by atoms with Crippen LogP contribution in [0.15, 0.2) is 54.6 Å². The van der Waals surface area contributed by atoms with E-state index in [2.05, 4.69) is 5.32 Å². The molecule has 0 aliphatic carbocycles. The zero-order chi connectivity index (χ0) is 19.3. The van der Waals surface area contributed by atoms with Crippen molar-refractivity contribution in [1.82, 2.24) is 4.90 Å². The molecule has 0 saturated carbocycles. The molecule has 1 N–H and O–H groups in total. The van der Waals surface area contributed by atoms with Gasteiger partial charge in [0.2, 0.25) is 11.8 Å². The van der Waals surface area contributed by atoms with Crippen LogP contribution in [0.3, 0.4) is 0 Å². The van der Waals surface area contributed by atoms with E-state index < -0.39 is 23.7 Å². The van der Waals surface area contributed by atoms with Crippen molar-refractivity contribution in [3.8, 4) is 0 Å². The Labute approximate surface area is 149 Å². The number of nitrogens with zero attached hydrogens (tertiary/aromatic N) is 1. The Morgan fingerprint density at radius 2 is 1.62 bits per heavy atom. The minimum absolute atomic E-state index is 0.333. The van der Waals surface area contributed by atoms with Crippen molar-refractivity contribution < 1.29 is 22.8 Å². The quantitative estimate of drug-likeness (QED) is 0.862. The maximum absolute atomic E-state index is 13.0. The third-order valence-corrected chi connectivity index (χ3v) is 3.97. The minimum Gasteiger partial charge on any atom is -0.327 e. The molecule has 2 aromatic carbocycles. The molecule has 1 unspecified atom stereocenters. The summed E-state index contributed by atoms with van der Waals surface area (Å²) >= 11 is 0. The number of anilines is 1. The van der Waals surface area contributed by atoms with Crippen LogP contribution in [-0.4, -0.2) is 23.3 Å². The highest BCUT2D eigenvalue weighted by Gasteiger charge is 2.33. The van der Waals surface area contributed by atoms with Gasteiger partial charge in [0.25, 0.3) is 0 Å². The number of alkyl halides is 3. The van der Waals surface area contributed by atoms with E-state index in [0.29, 0.717) is 0 Å². The van der Waals surface area contributed by atoms with Crippen molar-refractivity contribution in [2.75, 3.05) is 11.9 Å². The Morgan fingerprint density at radius 3 is 2.19 bits per heavy atom. The van der Waals surface area contributed by atoms with E-state index in [1.807, 2.05) is 30.3 Å². The lowest BCUT2D eigenvalue weighted by Crippen LogP contribution is -2.38. The summed E-state index contributed by atoms with van der Waals surface area (Å²) in [6.45, 7) is 2.72. The monoisotopic (exact) mass is 364 g/mol. The molecule has 0 fully saturated rings. The zero-order valence-corrected chi connectivity index (χ0v) is 14.4. The van der Waals surface area contributed by atoms with Gasteiger partial charge in [-0.1, -0.05) is 42.5 Å². The summed E-state index contributed by atoms with van der Waals surface area (Å²) in [6, 6.07) is 13.4. The smallest absolute Gasteiger partial charge is 0.327 e.